The number of aliphatic hydroxyl groups is 2. The molecule has 0 aliphatic carbocycles. The van der Waals surface area contributed by atoms with Gasteiger partial charge >= 0.3 is 5.97 Å². The monoisotopic (exact) mass is 216 g/mol. The number of carboxylic acids is 1. The fraction of sp³-hybridized carbons (Fsp3) is 0.727. The highest BCUT2D eigenvalue weighted by molar-refractivity contribution is 5.75. The van der Waals surface area contributed by atoms with E-state index in [1.807, 2.05) is 0 Å². The van der Waals surface area contributed by atoms with E-state index in [2.05, 4.69) is 0 Å². The molecule has 0 aliphatic heterocycles. The summed E-state index contributed by atoms with van der Waals surface area (Å²) in [5.74, 6) is -1.04. The minimum Gasteiger partial charge on any atom is -0.481 e. The van der Waals surface area contributed by atoms with Crippen molar-refractivity contribution >= 4 is 5.97 Å². The lowest BCUT2D eigenvalue weighted by Crippen LogP contribution is -2.37. The van der Waals surface area contributed by atoms with E-state index in [9.17, 15) is 9.90 Å². The molecular formula is C11H20O4. The quantitative estimate of drug-likeness (QED) is 0.603. The number of carboxylic acid groups (broad SMARTS) is 1. The van der Waals surface area contributed by atoms with Crippen molar-refractivity contribution in [3.63, 3.8) is 0 Å². The smallest absolute Gasteiger partial charge is 0.312 e. The topological polar surface area (TPSA) is 77.8 Å². The van der Waals surface area contributed by atoms with Crippen LogP contribution in [-0.4, -0.2) is 33.5 Å². The van der Waals surface area contributed by atoms with Crippen LogP contribution in [0.2, 0.25) is 0 Å². The van der Waals surface area contributed by atoms with E-state index in [-0.39, 0.29) is 0 Å². The fourth-order valence-corrected chi connectivity index (χ4v) is 1.15. The zero-order valence-corrected chi connectivity index (χ0v) is 9.69. The van der Waals surface area contributed by atoms with Gasteiger partial charge in [-0.2, -0.15) is 0 Å². The summed E-state index contributed by atoms with van der Waals surface area (Å²) in [4.78, 5) is 10.9. The molecule has 15 heavy (non-hydrogen) atoms. The van der Waals surface area contributed by atoms with Crippen molar-refractivity contribution in [1.29, 1.82) is 0 Å². The Kier molecular flexibility index (Phi) is 4.97. The average molecular weight is 216 g/mol. The first kappa shape index (κ1) is 14.1. The van der Waals surface area contributed by atoms with Crippen LogP contribution in [0.15, 0.2) is 11.6 Å². The molecule has 0 heterocycles. The molecular weight excluding hydrogens is 196 g/mol. The van der Waals surface area contributed by atoms with Crippen molar-refractivity contribution in [2.24, 2.45) is 5.41 Å². The lowest BCUT2D eigenvalue weighted by atomic mass is 9.82. The van der Waals surface area contributed by atoms with Crippen LogP contribution in [0, 0.1) is 5.41 Å². The first-order valence-corrected chi connectivity index (χ1v) is 4.95. The Balaban J connectivity index is 4.63. The largest absolute Gasteiger partial charge is 0.481 e. The van der Waals surface area contributed by atoms with Crippen LogP contribution in [0.4, 0.5) is 0 Å². The minimum atomic E-state index is -1.21. The van der Waals surface area contributed by atoms with Gasteiger partial charge in [0.2, 0.25) is 0 Å². The van der Waals surface area contributed by atoms with Gasteiger partial charge < -0.3 is 15.3 Å². The Morgan fingerprint density at radius 2 is 1.87 bits per heavy atom. The van der Waals surface area contributed by atoms with Crippen LogP contribution < -0.4 is 0 Å². The van der Waals surface area contributed by atoms with E-state index in [0.717, 1.165) is 0 Å². The zero-order chi connectivity index (χ0) is 12.2. The van der Waals surface area contributed by atoms with Crippen LogP contribution in [-0.2, 0) is 4.79 Å². The molecule has 0 aliphatic rings. The first-order valence-electron chi connectivity index (χ1n) is 4.95. The Morgan fingerprint density at radius 3 is 2.20 bits per heavy atom. The highest BCUT2D eigenvalue weighted by atomic mass is 16.4. The Hall–Kier alpha value is -0.870. The summed E-state index contributed by atoms with van der Waals surface area (Å²) < 4.78 is 0. The van der Waals surface area contributed by atoms with Crippen molar-refractivity contribution in [2.45, 2.75) is 46.3 Å². The van der Waals surface area contributed by atoms with Crippen molar-refractivity contribution in [1.82, 2.24) is 0 Å². The van der Waals surface area contributed by atoms with Gasteiger partial charge in [0.1, 0.15) is 0 Å². The van der Waals surface area contributed by atoms with Gasteiger partial charge in [0.25, 0.3) is 0 Å². The summed E-state index contributed by atoms with van der Waals surface area (Å²) in [6.45, 7) is 6.25. The molecule has 4 heteroatoms. The molecule has 0 aromatic rings. The molecule has 0 amide bonds. The van der Waals surface area contributed by atoms with E-state index in [1.165, 1.54) is 13.8 Å². The Bertz CT molecular complexity index is 253. The van der Waals surface area contributed by atoms with Gasteiger partial charge in [-0.1, -0.05) is 6.08 Å². The number of rotatable bonds is 5. The summed E-state index contributed by atoms with van der Waals surface area (Å²) in [7, 11) is 0. The van der Waals surface area contributed by atoms with E-state index in [1.54, 1.807) is 19.9 Å². The highest BCUT2D eigenvalue weighted by Crippen LogP contribution is 2.26. The lowest BCUT2D eigenvalue weighted by molar-refractivity contribution is -0.151. The summed E-state index contributed by atoms with van der Waals surface area (Å²) >= 11 is 0. The number of hydrogen-bond donors (Lipinski definition) is 3. The van der Waals surface area contributed by atoms with E-state index < -0.39 is 23.6 Å². The second-order valence-electron chi connectivity index (χ2n) is 4.46. The van der Waals surface area contributed by atoms with Crippen LogP contribution >= 0.6 is 0 Å². The first-order chi connectivity index (χ1) is 6.69. The van der Waals surface area contributed by atoms with E-state index in [0.29, 0.717) is 12.0 Å². The van der Waals surface area contributed by atoms with Crippen molar-refractivity contribution < 1.29 is 20.1 Å². The third-order valence-electron chi connectivity index (χ3n) is 2.45. The minimum absolute atomic E-state index is 0.415. The average Bonchev–Trinajstić information content (AvgIpc) is 2.12. The maximum Gasteiger partial charge on any atom is 0.312 e. The number of aliphatic hydroxyl groups excluding tert-OH is 2. The molecule has 0 fully saturated rings. The third-order valence-corrected chi connectivity index (χ3v) is 2.45. The van der Waals surface area contributed by atoms with Crippen LogP contribution in [0.25, 0.3) is 0 Å². The molecule has 3 N–H and O–H groups in total. The maximum atomic E-state index is 10.9. The second-order valence-corrected chi connectivity index (χ2v) is 4.46. The summed E-state index contributed by atoms with van der Waals surface area (Å²) in [5.41, 5.74) is -0.637. The molecule has 0 radical (unpaired) electrons. The summed E-state index contributed by atoms with van der Waals surface area (Å²) in [6.07, 6.45) is 0.562. The molecule has 2 atom stereocenters. The zero-order valence-electron chi connectivity index (χ0n) is 9.69. The third kappa shape index (κ3) is 4.01. The van der Waals surface area contributed by atoms with Gasteiger partial charge in [-0.15, -0.1) is 0 Å². The molecule has 0 aromatic carbocycles. The summed E-state index contributed by atoms with van der Waals surface area (Å²) in [6, 6.07) is 0. The maximum absolute atomic E-state index is 10.9. The fourth-order valence-electron chi connectivity index (χ4n) is 1.15. The molecule has 0 aromatic heterocycles. The van der Waals surface area contributed by atoms with Gasteiger partial charge in [-0.25, -0.2) is 0 Å². The molecule has 4 nitrogen and oxygen atoms in total. The van der Waals surface area contributed by atoms with Crippen LogP contribution in [0.3, 0.4) is 0 Å². The number of aliphatic carboxylic acids is 1. The Morgan fingerprint density at radius 1 is 1.40 bits per heavy atom. The molecule has 0 bridgehead atoms. The van der Waals surface area contributed by atoms with Gasteiger partial charge in [0.15, 0.2) is 0 Å². The van der Waals surface area contributed by atoms with Crippen LogP contribution in [0.5, 0.6) is 0 Å². The standard InChI is InChI=1S/C11H20O4/c1-7(5-6-8(2)12)9(13)11(3,4)10(14)15/h5,8-9,12-13H,6H2,1-4H3,(H,14,15)/b7-5+/t8-,9-/m1/s1. The van der Waals surface area contributed by atoms with Gasteiger partial charge in [0.05, 0.1) is 17.6 Å². The van der Waals surface area contributed by atoms with Crippen LogP contribution in [0.1, 0.15) is 34.1 Å². The van der Waals surface area contributed by atoms with Gasteiger partial charge in [-0.3, -0.25) is 4.79 Å². The Labute approximate surface area is 90.2 Å². The van der Waals surface area contributed by atoms with E-state index >= 15 is 0 Å². The number of hydrogen-bond acceptors (Lipinski definition) is 3. The second kappa shape index (κ2) is 5.28. The molecule has 0 saturated heterocycles. The predicted molar refractivity (Wildman–Crippen MR) is 57.5 cm³/mol. The number of carbonyl (C=O) groups is 1. The highest BCUT2D eigenvalue weighted by Gasteiger charge is 2.36. The summed E-state index contributed by atoms with van der Waals surface area (Å²) in [5, 5.41) is 27.8. The SMILES string of the molecule is C/C(=C\C[C@@H](C)O)[C@@H](O)C(C)(C)C(=O)O. The van der Waals surface area contributed by atoms with Crippen molar-refractivity contribution in [3.8, 4) is 0 Å². The molecule has 0 rings (SSSR count). The molecule has 0 saturated carbocycles. The van der Waals surface area contributed by atoms with Gasteiger partial charge in [0, 0.05) is 0 Å². The van der Waals surface area contributed by atoms with E-state index in [4.69, 9.17) is 10.2 Å². The lowest BCUT2D eigenvalue weighted by Gasteiger charge is -2.26. The molecule has 0 spiro atoms. The molecule has 88 valence electrons. The van der Waals surface area contributed by atoms with Crippen molar-refractivity contribution in [2.75, 3.05) is 0 Å². The molecule has 0 unspecified atom stereocenters. The van der Waals surface area contributed by atoms with Crippen molar-refractivity contribution in [3.05, 3.63) is 11.6 Å². The normalized spacial score (nSPS) is 17.3. The predicted octanol–water partition coefficient (Wildman–Crippen LogP) is 1.18. The van der Waals surface area contributed by atoms with Gasteiger partial charge in [-0.05, 0) is 39.7 Å².